The van der Waals surface area contributed by atoms with Crippen LogP contribution in [0.5, 0.6) is 0 Å². The average Bonchev–Trinajstić information content (AvgIpc) is 2.40. The molecule has 0 radical (unpaired) electrons. The normalized spacial score (nSPS) is 13.6. The Bertz CT molecular complexity index is 319. The number of likely N-dealkylation sites (N-methyl/N-ethyl adjacent to an activating group) is 1. The van der Waals surface area contributed by atoms with Gasteiger partial charge in [-0.15, -0.1) is 0 Å². The highest BCUT2D eigenvalue weighted by Crippen LogP contribution is 2.11. The molecule has 0 heterocycles. The summed E-state index contributed by atoms with van der Waals surface area (Å²) in [4.78, 5) is 12.4. The molecular weight excluding hydrogens is 238 g/mol. The summed E-state index contributed by atoms with van der Waals surface area (Å²) in [7, 11) is 1.63. The van der Waals surface area contributed by atoms with E-state index in [4.69, 9.17) is 5.11 Å². The number of carboxylic acid groups (broad SMARTS) is 1. The van der Waals surface area contributed by atoms with Crippen LogP contribution in [0.3, 0.4) is 0 Å². The Morgan fingerprint density at radius 1 is 1.16 bits per heavy atom. The number of hydrogen-bond acceptors (Lipinski definition) is 1. The maximum atomic E-state index is 11.0. The second-order valence-electron chi connectivity index (χ2n) is 4.61. The van der Waals surface area contributed by atoms with Gasteiger partial charge in [-0.1, -0.05) is 69.1 Å². The Morgan fingerprint density at radius 3 is 2.42 bits per heavy atom. The Balaban J connectivity index is 4.36. The molecule has 0 saturated carbocycles. The molecule has 108 valence electrons. The van der Waals surface area contributed by atoms with E-state index in [-0.39, 0.29) is 6.04 Å². The fraction of sp³-hybridized carbons (Fsp3) is 0.562. The third-order valence-corrected chi connectivity index (χ3v) is 3.01. The maximum Gasteiger partial charge on any atom is 0.407 e. The van der Waals surface area contributed by atoms with E-state index in [0.29, 0.717) is 0 Å². The van der Waals surface area contributed by atoms with E-state index in [9.17, 15) is 4.79 Å². The van der Waals surface area contributed by atoms with Crippen LogP contribution in [0.4, 0.5) is 4.79 Å². The maximum absolute atomic E-state index is 11.0. The van der Waals surface area contributed by atoms with E-state index < -0.39 is 6.09 Å². The molecule has 0 aromatic rings. The largest absolute Gasteiger partial charge is 0.465 e. The minimum absolute atomic E-state index is 0.0374. The van der Waals surface area contributed by atoms with Crippen molar-refractivity contribution in [3.8, 4) is 0 Å². The third kappa shape index (κ3) is 9.11. The van der Waals surface area contributed by atoms with Gasteiger partial charge in [0.15, 0.2) is 0 Å². The predicted octanol–water partition coefficient (Wildman–Crippen LogP) is 4.62. The zero-order valence-electron chi connectivity index (χ0n) is 12.4. The van der Waals surface area contributed by atoms with Crippen LogP contribution in [0.1, 0.15) is 46.0 Å². The van der Waals surface area contributed by atoms with Crippen molar-refractivity contribution in [3.63, 3.8) is 0 Å². The van der Waals surface area contributed by atoms with Crippen molar-refractivity contribution in [2.45, 2.75) is 52.0 Å². The highest BCUT2D eigenvalue weighted by Gasteiger charge is 2.15. The molecule has 1 unspecified atom stereocenters. The number of hydrogen-bond donors (Lipinski definition) is 1. The molecule has 0 fully saturated rings. The lowest BCUT2D eigenvalue weighted by Crippen LogP contribution is -2.34. The molecule has 1 atom stereocenters. The van der Waals surface area contributed by atoms with E-state index in [1.807, 2.05) is 43.4 Å². The van der Waals surface area contributed by atoms with Crippen molar-refractivity contribution in [1.29, 1.82) is 0 Å². The van der Waals surface area contributed by atoms with Gasteiger partial charge in [0.05, 0.1) is 6.04 Å². The van der Waals surface area contributed by atoms with E-state index >= 15 is 0 Å². The van der Waals surface area contributed by atoms with Crippen molar-refractivity contribution < 1.29 is 9.90 Å². The Hall–Kier alpha value is -1.51. The second kappa shape index (κ2) is 11.6. The molecule has 0 aliphatic heterocycles. The second-order valence-corrected chi connectivity index (χ2v) is 4.61. The van der Waals surface area contributed by atoms with Crippen LogP contribution in [-0.4, -0.2) is 29.2 Å². The molecule has 0 aliphatic carbocycles. The van der Waals surface area contributed by atoms with E-state index in [0.717, 1.165) is 12.8 Å². The molecule has 1 N–H and O–H groups in total. The average molecular weight is 265 g/mol. The first-order valence-corrected chi connectivity index (χ1v) is 7.05. The van der Waals surface area contributed by atoms with Gasteiger partial charge in [-0.25, -0.2) is 4.79 Å². The molecule has 1 amide bonds. The minimum atomic E-state index is -0.873. The van der Waals surface area contributed by atoms with Gasteiger partial charge in [0.1, 0.15) is 0 Å². The summed E-state index contributed by atoms with van der Waals surface area (Å²) in [6.45, 7) is 4.13. The van der Waals surface area contributed by atoms with Gasteiger partial charge in [0, 0.05) is 7.05 Å². The molecule has 0 rings (SSSR count). The van der Waals surface area contributed by atoms with Crippen LogP contribution in [-0.2, 0) is 0 Å². The first-order valence-electron chi connectivity index (χ1n) is 7.05. The van der Waals surface area contributed by atoms with Crippen LogP contribution in [0.25, 0.3) is 0 Å². The number of unbranched alkanes of at least 4 members (excludes halogenated alkanes) is 3. The smallest absolute Gasteiger partial charge is 0.407 e. The third-order valence-electron chi connectivity index (χ3n) is 3.01. The lowest BCUT2D eigenvalue weighted by Gasteiger charge is -2.22. The van der Waals surface area contributed by atoms with E-state index in [1.54, 1.807) is 7.05 Å². The summed E-state index contributed by atoms with van der Waals surface area (Å²) in [6.07, 6.45) is 16.3. The predicted molar refractivity (Wildman–Crippen MR) is 81.4 cm³/mol. The van der Waals surface area contributed by atoms with Gasteiger partial charge < -0.3 is 10.0 Å². The summed E-state index contributed by atoms with van der Waals surface area (Å²) in [5.41, 5.74) is 0. The number of carbonyl (C=O) groups is 1. The summed E-state index contributed by atoms with van der Waals surface area (Å²) >= 11 is 0. The van der Waals surface area contributed by atoms with Crippen LogP contribution >= 0.6 is 0 Å². The first-order chi connectivity index (χ1) is 9.13. The van der Waals surface area contributed by atoms with Crippen molar-refractivity contribution in [1.82, 2.24) is 4.90 Å². The van der Waals surface area contributed by atoms with Crippen molar-refractivity contribution in [2.24, 2.45) is 0 Å². The Labute approximate surface area is 117 Å². The van der Waals surface area contributed by atoms with Crippen LogP contribution in [0.2, 0.25) is 0 Å². The monoisotopic (exact) mass is 265 g/mol. The van der Waals surface area contributed by atoms with Gasteiger partial charge in [0.2, 0.25) is 0 Å². The molecule has 0 aromatic heterocycles. The fourth-order valence-electron chi connectivity index (χ4n) is 1.77. The molecule has 3 nitrogen and oxygen atoms in total. The van der Waals surface area contributed by atoms with Crippen molar-refractivity contribution >= 4 is 6.09 Å². The van der Waals surface area contributed by atoms with Crippen molar-refractivity contribution in [2.75, 3.05) is 7.05 Å². The molecule has 19 heavy (non-hydrogen) atoms. The number of nitrogens with zero attached hydrogens (tertiary/aromatic N) is 1. The SMILES string of the molecule is CC=CC=CC=CC(CCCCCC)N(C)C(=O)O. The molecule has 0 saturated heterocycles. The van der Waals surface area contributed by atoms with E-state index in [2.05, 4.69) is 6.92 Å². The number of allylic oxidation sites excluding steroid dienone is 5. The topological polar surface area (TPSA) is 40.5 Å². The zero-order valence-corrected chi connectivity index (χ0v) is 12.4. The van der Waals surface area contributed by atoms with Gasteiger partial charge >= 0.3 is 6.09 Å². The van der Waals surface area contributed by atoms with Gasteiger partial charge in [-0.2, -0.15) is 0 Å². The van der Waals surface area contributed by atoms with Gasteiger partial charge in [-0.05, 0) is 13.3 Å². The Morgan fingerprint density at radius 2 is 1.84 bits per heavy atom. The number of amides is 1. The molecule has 0 aromatic carbocycles. The van der Waals surface area contributed by atoms with Crippen LogP contribution in [0, 0.1) is 0 Å². The summed E-state index contributed by atoms with van der Waals surface area (Å²) in [5, 5.41) is 9.06. The molecule has 0 aliphatic rings. The molecular formula is C16H27NO2. The molecule has 0 spiro atoms. The standard InChI is InChI=1S/C16H27NO2/c1-4-6-8-10-12-14-15(17(3)16(18)19)13-11-9-7-5-2/h4,6,8,10,12,14-15H,5,7,9,11,13H2,1-3H3,(H,18,19). The van der Waals surface area contributed by atoms with Gasteiger partial charge in [0.25, 0.3) is 0 Å². The quantitative estimate of drug-likeness (QED) is 0.488. The fourth-order valence-corrected chi connectivity index (χ4v) is 1.77. The lowest BCUT2D eigenvalue weighted by molar-refractivity contribution is 0.144. The van der Waals surface area contributed by atoms with Crippen LogP contribution < -0.4 is 0 Å². The number of rotatable bonds is 9. The molecule has 0 bridgehead atoms. The zero-order chi connectivity index (χ0) is 14.5. The summed E-state index contributed by atoms with van der Waals surface area (Å²) in [5.74, 6) is 0. The highest BCUT2D eigenvalue weighted by atomic mass is 16.4. The summed E-state index contributed by atoms with van der Waals surface area (Å²) < 4.78 is 0. The van der Waals surface area contributed by atoms with Gasteiger partial charge in [-0.3, -0.25) is 0 Å². The Kier molecular flexibility index (Phi) is 10.7. The van der Waals surface area contributed by atoms with E-state index in [1.165, 1.54) is 24.2 Å². The van der Waals surface area contributed by atoms with Crippen LogP contribution in [0.15, 0.2) is 36.5 Å². The highest BCUT2D eigenvalue weighted by molar-refractivity contribution is 5.65. The summed E-state index contributed by atoms with van der Waals surface area (Å²) in [6, 6.07) is -0.0374. The first kappa shape index (κ1) is 17.5. The van der Waals surface area contributed by atoms with Crippen molar-refractivity contribution in [3.05, 3.63) is 36.5 Å². The minimum Gasteiger partial charge on any atom is -0.465 e. The lowest BCUT2D eigenvalue weighted by atomic mass is 10.1. The molecule has 3 heteroatoms.